The van der Waals surface area contributed by atoms with Crippen molar-refractivity contribution in [3.63, 3.8) is 0 Å². The molecule has 1 amide bonds. The van der Waals surface area contributed by atoms with Crippen LogP contribution in [-0.2, 0) is 6.54 Å². The van der Waals surface area contributed by atoms with Gasteiger partial charge in [-0.05, 0) is 19.9 Å². The molecule has 10 nitrogen and oxygen atoms in total. The second-order valence-corrected chi connectivity index (χ2v) is 8.93. The maximum absolute atomic E-state index is 14.2. The van der Waals surface area contributed by atoms with Crippen LogP contribution in [-0.4, -0.2) is 65.1 Å². The summed E-state index contributed by atoms with van der Waals surface area (Å²) in [5.74, 6) is -0.324. The summed E-state index contributed by atoms with van der Waals surface area (Å²) in [7, 11) is 0. The molecule has 0 saturated carbocycles. The van der Waals surface area contributed by atoms with E-state index in [1.807, 2.05) is 0 Å². The van der Waals surface area contributed by atoms with Gasteiger partial charge in [0, 0.05) is 24.7 Å². The van der Waals surface area contributed by atoms with Crippen molar-refractivity contribution in [1.29, 1.82) is 0 Å². The van der Waals surface area contributed by atoms with Crippen molar-refractivity contribution >= 4 is 40.0 Å². The van der Waals surface area contributed by atoms with Gasteiger partial charge in [-0.1, -0.05) is 11.6 Å². The molecule has 0 aliphatic heterocycles. The highest BCUT2D eigenvalue weighted by atomic mass is 35.5. The summed E-state index contributed by atoms with van der Waals surface area (Å²) in [5, 5.41) is 19.5. The minimum Gasteiger partial charge on any atom is -0.387 e. The van der Waals surface area contributed by atoms with Gasteiger partial charge in [-0.2, -0.15) is 5.10 Å². The van der Waals surface area contributed by atoms with Crippen LogP contribution >= 0.6 is 11.6 Å². The van der Waals surface area contributed by atoms with Crippen molar-refractivity contribution in [2.45, 2.75) is 38.6 Å². The summed E-state index contributed by atoms with van der Waals surface area (Å²) in [5.41, 5.74) is -0.0390. The van der Waals surface area contributed by atoms with Crippen LogP contribution in [0.2, 0.25) is 5.02 Å². The average molecular weight is 523 g/mol. The number of nitrogens with one attached hydrogen (secondary N) is 2. The topological polar surface area (TPSA) is 123 Å². The van der Waals surface area contributed by atoms with Crippen LogP contribution < -0.4 is 10.6 Å². The van der Waals surface area contributed by atoms with E-state index in [0.717, 1.165) is 4.68 Å². The van der Waals surface area contributed by atoms with Gasteiger partial charge in [0.1, 0.15) is 30.4 Å². The number of rotatable bonds is 9. The number of nitrogens with zero attached hydrogens (tertiary/aromatic N) is 6. The Balaban J connectivity index is 1.68. The summed E-state index contributed by atoms with van der Waals surface area (Å²) in [6, 6.07) is 3.16. The first kappa shape index (κ1) is 25.4. The van der Waals surface area contributed by atoms with E-state index in [2.05, 4.69) is 30.7 Å². The van der Waals surface area contributed by atoms with Crippen molar-refractivity contribution < 1.29 is 23.1 Å². The molecule has 0 fully saturated rings. The van der Waals surface area contributed by atoms with Gasteiger partial charge in [0.25, 0.3) is 12.3 Å². The number of aliphatic hydroxyl groups is 1. The van der Waals surface area contributed by atoms with Crippen LogP contribution in [0.5, 0.6) is 0 Å². The van der Waals surface area contributed by atoms with Gasteiger partial charge in [0.05, 0.1) is 40.3 Å². The van der Waals surface area contributed by atoms with Gasteiger partial charge >= 0.3 is 0 Å². The van der Waals surface area contributed by atoms with Gasteiger partial charge in [0.2, 0.25) is 0 Å². The van der Waals surface area contributed by atoms with Crippen molar-refractivity contribution in [2.75, 3.05) is 11.9 Å². The largest absolute Gasteiger partial charge is 0.387 e. The molecule has 36 heavy (non-hydrogen) atoms. The molecule has 4 aromatic rings. The fourth-order valence-corrected chi connectivity index (χ4v) is 3.41. The Bertz CT molecular complexity index is 1390. The second-order valence-electron chi connectivity index (χ2n) is 8.50. The summed E-state index contributed by atoms with van der Waals surface area (Å²) in [6.07, 6.45) is 2.59. The van der Waals surface area contributed by atoms with E-state index in [1.165, 1.54) is 51.0 Å². The highest BCUT2D eigenvalue weighted by Crippen LogP contribution is 2.25. The van der Waals surface area contributed by atoms with Gasteiger partial charge in [-0.25, -0.2) is 28.1 Å². The number of carbonyl (C=O) groups excluding carboxylic acids is 1. The standard InChI is InChI=1S/C22H22ClF3N8O2/c1-22(2,36)17(24)8-29-21(35)14-7-27-19(34-11-30-16-3-12(23)5-28-20(16)34)4-15(14)32-13-6-31-33(9-13)10-18(25)26/h3-7,9,11,17-18,36H,8,10H2,1-2H3,(H,27,32)(H,29,35). The summed E-state index contributed by atoms with van der Waals surface area (Å²) >= 11 is 5.98. The first-order valence-corrected chi connectivity index (χ1v) is 11.1. The highest BCUT2D eigenvalue weighted by Gasteiger charge is 2.27. The highest BCUT2D eigenvalue weighted by molar-refractivity contribution is 6.31. The number of amides is 1. The number of alkyl halides is 3. The molecule has 3 N–H and O–H groups in total. The Kier molecular flexibility index (Phi) is 7.13. The molecule has 0 saturated heterocycles. The number of pyridine rings is 2. The first-order chi connectivity index (χ1) is 17.0. The predicted molar refractivity (Wildman–Crippen MR) is 127 cm³/mol. The van der Waals surface area contributed by atoms with Crippen molar-refractivity contribution in [3.8, 4) is 5.82 Å². The zero-order valence-electron chi connectivity index (χ0n) is 19.2. The van der Waals surface area contributed by atoms with E-state index >= 15 is 0 Å². The summed E-state index contributed by atoms with van der Waals surface area (Å²) in [4.78, 5) is 25.7. The molecular weight excluding hydrogens is 501 g/mol. The van der Waals surface area contributed by atoms with Crippen molar-refractivity contribution in [2.24, 2.45) is 0 Å². The molecule has 4 aromatic heterocycles. The van der Waals surface area contributed by atoms with E-state index in [4.69, 9.17) is 11.6 Å². The monoisotopic (exact) mass is 522 g/mol. The molecule has 0 aliphatic rings. The molecule has 4 rings (SSSR count). The fraction of sp³-hybridized carbons (Fsp3) is 0.318. The minimum absolute atomic E-state index is 0.0451. The van der Waals surface area contributed by atoms with Gasteiger partial charge in [0.15, 0.2) is 5.65 Å². The lowest BCUT2D eigenvalue weighted by molar-refractivity contribution is -0.00177. The molecular formula is C22H22ClF3N8O2. The van der Waals surface area contributed by atoms with Crippen LogP contribution in [0.1, 0.15) is 24.2 Å². The van der Waals surface area contributed by atoms with Gasteiger partial charge in [-0.3, -0.25) is 14.0 Å². The van der Waals surface area contributed by atoms with Crippen molar-refractivity contribution in [1.82, 2.24) is 34.6 Å². The molecule has 4 heterocycles. The average Bonchev–Trinajstić information content (AvgIpc) is 3.42. The Morgan fingerprint density at radius 2 is 1.94 bits per heavy atom. The number of anilines is 2. The quantitative estimate of drug-likeness (QED) is 0.307. The Morgan fingerprint density at radius 3 is 2.67 bits per heavy atom. The van der Waals surface area contributed by atoms with Crippen LogP contribution in [0.25, 0.3) is 17.0 Å². The summed E-state index contributed by atoms with van der Waals surface area (Å²) < 4.78 is 42.2. The lowest BCUT2D eigenvalue weighted by Crippen LogP contribution is -2.42. The normalized spacial score (nSPS) is 12.8. The van der Waals surface area contributed by atoms with Gasteiger partial charge in [-0.15, -0.1) is 0 Å². The van der Waals surface area contributed by atoms with E-state index in [9.17, 15) is 23.1 Å². The Morgan fingerprint density at radius 1 is 1.17 bits per heavy atom. The van der Waals surface area contributed by atoms with E-state index in [1.54, 1.807) is 10.6 Å². The lowest BCUT2D eigenvalue weighted by Gasteiger charge is -2.22. The third kappa shape index (κ3) is 5.74. The second kappa shape index (κ2) is 10.1. The maximum atomic E-state index is 14.2. The Labute approximate surface area is 208 Å². The SMILES string of the molecule is CC(C)(O)C(F)CNC(=O)c1cnc(-n2cnc3cc(Cl)cnc32)cc1Nc1cnn(CC(F)F)c1. The molecule has 190 valence electrons. The molecule has 0 aromatic carbocycles. The third-order valence-electron chi connectivity index (χ3n) is 5.18. The maximum Gasteiger partial charge on any atom is 0.257 e. The number of fused-ring (bicyclic) bond motifs is 1. The number of hydrogen-bond acceptors (Lipinski definition) is 7. The van der Waals surface area contributed by atoms with Crippen molar-refractivity contribution in [3.05, 3.63) is 53.8 Å². The molecule has 0 spiro atoms. The number of imidazole rings is 1. The summed E-state index contributed by atoms with van der Waals surface area (Å²) in [6.45, 7) is 1.55. The zero-order valence-corrected chi connectivity index (χ0v) is 19.9. The van der Waals surface area contributed by atoms with Crippen LogP contribution in [0.15, 0.2) is 43.2 Å². The number of aromatic nitrogens is 6. The number of hydrogen-bond donors (Lipinski definition) is 3. The fourth-order valence-electron chi connectivity index (χ4n) is 3.26. The molecule has 1 atom stereocenters. The van der Waals surface area contributed by atoms with E-state index in [0.29, 0.717) is 27.7 Å². The smallest absolute Gasteiger partial charge is 0.257 e. The zero-order chi connectivity index (χ0) is 26.0. The van der Waals surface area contributed by atoms with Crippen LogP contribution in [0, 0.1) is 0 Å². The minimum atomic E-state index is -2.59. The van der Waals surface area contributed by atoms with E-state index in [-0.39, 0.29) is 11.3 Å². The number of carbonyl (C=O) groups is 1. The molecule has 14 heteroatoms. The molecule has 1 unspecified atom stereocenters. The molecule has 0 bridgehead atoms. The van der Waals surface area contributed by atoms with Crippen LogP contribution in [0.4, 0.5) is 24.5 Å². The third-order valence-corrected chi connectivity index (χ3v) is 5.39. The number of halogens is 4. The predicted octanol–water partition coefficient (Wildman–Crippen LogP) is 3.51. The van der Waals surface area contributed by atoms with Gasteiger partial charge < -0.3 is 15.7 Å². The first-order valence-electron chi connectivity index (χ1n) is 10.7. The van der Waals surface area contributed by atoms with Crippen LogP contribution in [0.3, 0.4) is 0 Å². The molecule has 0 radical (unpaired) electrons. The van der Waals surface area contributed by atoms with E-state index < -0.39 is 37.2 Å². The lowest BCUT2D eigenvalue weighted by atomic mass is 10.0. The molecule has 0 aliphatic carbocycles. The Hall–Kier alpha value is -3.71.